The number of aryl methyl sites for hydroxylation is 1. The van der Waals surface area contributed by atoms with E-state index < -0.39 is 17.9 Å². The molecule has 1 amide bonds. The first kappa shape index (κ1) is 14.6. The van der Waals surface area contributed by atoms with Gasteiger partial charge in [-0.25, -0.2) is 4.79 Å². The first-order valence-electron chi connectivity index (χ1n) is 6.40. The molecular weight excluding hydrogens is 270 g/mol. The largest absolute Gasteiger partial charge is 0.479 e. The average Bonchev–Trinajstić information content (AvgIpc) is 2.45. The molecule has 0 bridgehead atoms. The number of nitrogens with one attached hydrogen (secondary N) is 1. The second-order valence-corrected chi connectivity index (χ2v) is 4.63. The summed E-state index contributed by atoms with van der Waals surface area (Å²) >= 11 is 0. The number of carbonyl (C=O) groups excluding carboxylic acids is 1. The number of amides is 1. The highest BCUT2D eigenvalue weighted by atomic mass is 16.4. The third-order valence-electron chi connectivity index (χ3n) is 2.89. The van der Waals surface area contributed by atoms with Crippen LogP contribution in [0.2, 0.25) is 0 Å². The van der Waals surface area contributed by atoms with Crippen molar-refractivity contribution in [2.24, 2.45) is 0 Å². The Morgan fingerprint density at radius 1 is 1.33 bits per heavy atom. The van der Waals surface area contributed by atoms with E-state index in [1.54, 1.807) is 18.2 Å². The minimum atomic E-state index is -1.10. The number of aliphatic carboxylic acids is 1. The molecule has 1 heterocycles. The van der Waals surface area contributed by atoms with E-state index in [9.17, 15) is 14.7 Å². The van der Waals surface area contributed by atoms with Gasteiger partial charge in [-0.15, -0.1) is 0 Å². The van der Waals surface area contributed by atoms with Gasteiger partial charge in [0.2, 0.25) is 5.91 Å². The van der Waals surface area contributed by atoms with Crippen molar-refractivity contribution in [3.63, 3.8) is 0 Å². The molecule has 0 aliphatic rings. The summed E-state index contributed by atoms with van der Waals surface area (Å²) in [4.78, 5) is 31.1. The summed E-state index contributed by atoms with van der Waals surface area (Å²) in [6, 6.07) is 5.96. The summed E-state index contributed by atoms with van der Waals surface area (Å²) in [5.74, 6) is -1.52. The first-order chi connectivity index (χ1) is 10.1. The van der Waals surface area contributed by atoms with E-state index in [-0.39, 0.29) is 6.42 Å². The minimum Gasteiger partial charge on any atom is -0.479 e. The van der Waals surface area contributed by atoms with Crippen molar-refractivity contribution in [2.45, 2.75) is 19.4 Å². The predicted octanol–water partition coefficient (Wildman–Crippen LogP) is 1.27. The van der Waals surface area contributed by atoms with Crippen LogP contribution in [0.4, 0.5) is 0 Å². The number of hydrogen-bond acceptors (Lipinski definition) is 4. The topological polar surface area (TPSA) is 92.2 Å². The van der Waals surface area contributed by atoms with Crippen molar-refractivity contribution < 1.29 is 14.7 Å². The third-order valence-corrected chi connectivity index (χ3v) is 2.89. The lowest BCUT2D eigenvalue weighted by molar-refractivity contribution is -0.142. The number of carboxylic acid groups (broad SMARTS) is 1. The first-order valence-corrected chi connectivity index (χ1v) is 6.40. The highest BCUT2D eigenvalue weighted by molar-refractivity contribution is 5.85. The van der Waals surface area contributed by atoms with E-state index in [4.69, 9.17) is 0 Å². The highest BCUT2D eigenvalue weighted by Gasteiger charge is 2.22. The van der Waals surface area contributed by atoms with Crippen molar-refractivity contribution in [3.05, 3.63) is 59.7 Å². The fraction of sp³-hybridized carbons (Fsp3) is 0.200. The molecule has 1 aromatic carbocycles. The molecule has 0 spiro atoms. The molecule has 21 heavy (non-hydrogen) atoms. The van der Waals surface area contributed by atoms with Crippen LogP contribution in [-0.4, -0.2) is 27.0 Å². The number of carboxylic acids is 1. The average molecular weight is 285 g/mol. The SMILES string of the molecule is Cc1cccc([C@@H](NC(=O)Cc2cnccn2)C(=O)O)c1. The second-order valence-electron chi connectivity index (χ2n) is 4.63. The van der Waals surface area contributed by atoms with Gasteiger partial charge in [-0.3, -0.25) is 14.8 Å². The third kappa shape index (κ3) is 4.10. The summed E-state index contributed by atoms with van der Waals surface area (Å²) in [7, 11) is 0. The summed E-state index contributed by atoms with van der Waals surface area (Å²) in [6.45, 7) is 1.86. The van der Waals surface area contributed by atoms with Gasteiger partial charge in [0, 0.05) is 18.6 Å². The monoisotopic (exact) mass is 285 g/mol. The van der Waals surface area contributed by atoms with Crippen molar-refractivity contribution in [2.75, 3.05) is 0 Å². The maximum atomic E-state index is 11.9. The Morgan fingerprint density at radius 3 is 2.76 bits per heavy atom. The van der Waals surface area contributed by atoms with Gasteiger partial charge in [0.05, 0.1) is 12.1 Å². The maximum absolute atomic E-state index is 11.9. The Bertz CT molecular complexity index is 644. The summed E-state index contributed by atoms with van der Waals surface area (Å²) in [5.41, 5.74) is 1.96. The molecule has 1 aromatic heterocycles. The van der Waals surface area contributed by atoms with Crippen LogP contribution in [0.1, 0.15) is 22.9 Å². The normalized spacial score (nSPS) is 11.7. The Morgan fingerprint density at radius 2 is 2.14 bits per heavy atom. The minimum absolute atomic E-state index is 0.0105. The van der Waals surface area contributed by atoms with Crippen LogP contribution in [0.25, 0.3) is 0 Å². The zero-order chi connectivity index (χ0) is 15.2. The summed E-state index contributed by atoms with van der Waals surface area (Å²) in [6.07, 6.45) is 4.46. The van der Waals surface area contributed by atoms with E-state index in [0.717, 1.165) is 5.56 Å². The number of nitrogens with zero attached hydrogens (tertiary/aromatic N) is 2. The Hall–Kier alpha value is -2.76. The van der Waals surface area contributed by atoms with Gasteiger partial charge >= 0.3 is 5.97 Å². The molecular formula is C15H15N3O3. The van der Waals surface area contributed by atoms with E-state index in [1.807, 2.05) is 13.0 Å². The molecule has 0 aliphatic carbocycles. The summed E-state index contributed by atoms with van der Waals surface area (Å²) in [5, 5.41) is 11.8. The van der Waals surface area contributed by atoms with Crippen LogP contribution in [-0.2, 0) is 16.0 Å². The molecule has 0 aliphatic heterocycles. The van der Waals surface area contributed by atoms with Gasteiger partial charge in [-0.2, -0.15) is 0 Å². The smallest absolute Gasteiger partial charge is 0.330 e. The van der Waals surface area contributed by atoms with Gasteiger partial charge in [0.25, 0.3) is 0 Å². The Labute approximate surface area is 121 Å². The van der Waals surface area contributed by atoms with Crippen molar-refractivity contribution >= 4 is 11.9 Å². The highest BCUT2D eigenvalue weighted by Crippen LogP contribution is 2.15. The molecule has 6 nitrogen and oxygen atoms in total. The fourth-order valence-electron chi connectivity index (χ4n) is 1.94. The standard InChI is InChI=1S/C15H15N3O3/c1-10-3-2-4-11(7-10)14(15(20)21)18-13(19)8-12-9-16-5-6-17-12/h2-7,9,14H,8H2,1H3,(H,18,19)(H,20,21)/t14-/m1/s1. The van der Waals surface area contributed by atoms with E-state index in [0.29, 0.717) is 11.3 Å². The fourth-order valence-corrected chi connectivity index (χ4v) is 1.94. The molecule has 2 rings (SSSR count). The molecule has 2 aromatic rings. The van der Waals surface area contributed by atoms with E-state index in [1.165, 1.54) is 18.6 Å². The zero-order valence-corrected chi connectivity index (χ0v) is 11.5. The quantitative estimate of drug-likeness (QED) is 0.863. The predicted molar refractivity (Wildman–Crippen MR) is 75.4 cm³/mol. The van der Waals surface area contributed by atoms with Crippen LogP contribution < -0.4 is 5.32 Å². The van der Waals surface area contributed by atoms with E-state index in [2.05, 4.69) is 15.3 Å². The second kappa shape index (κ2) is 6.60. The number of rotatable bonds is 5. The summed E-state index contributed by atoms with van der Waals surface area (Å²) < 4.78 is 0. The van der Waals surface area contributed by atoms with Gasteiger partial charge < -0.3 is 10.4 Å². The van der Waals surface area contributed by atoms with Crippen molar-refractivity contribution in [1.29, 1.82) is 0 Å². The number of benzene rings is 1. The molecule has 0 fully saturated rings. The van der Waals surface area contributed by atoms with Gasteiger partial charge in [-0.05, 0) is 12.5 Å². The molecule has 108 valence electrons. The van der Waals surface area contributed by atoms with Crippen LogP contribution in [0.3, 0.4) is 0 Å². The molecule has 6 heteroatoms. The van der Waals surface area contributed by atoms with Crippen molar-refractivity contribution in [3.8, 4) is 0 Å². The number of hydrogen-bond donors (Lipinski definition) is 2. The molecule has 2 N–H and O–H groups in total. The number of aromatic nitrogens is 2. The lowest BCUT2D eigenvalue weighted by Gasteiger charge is -2.15. The lowest BCUT2D eigenvalue weighted by atomic mass is 10.0. The van der Waals surface area contributed by atoms with Crippen LogP contribution in [0.5, 0.6) is 0 Å². The zero-order valence-electron chi connectivity index (χ0n) is 11.5. The molecule has 0 radical (unpaired) electrons. The molecule has 0 saturated carbocycles. The van der Waals surface area contributed by atoms with Gasteiger partial charge in [0.15, 0.2) is 6.04 Å². The van der Waals surface area contributed by atoms with Crippen LogP contribution >= 0.6 is 0 Å². The van der Waals surface area contributed by atoms with Gasteiger partial charge in [0.1, 0.15) is 0 Å². The van der Waals surface area contributed by atoms with Crippen molar-refractivity contribution in [1.82, 2.24) is 15.3 Å². The number of carbonyl (C=O) groups is 2. The molecule has 0 saturated heterocycles. The van der Waals surface area contributed by atoms with Crippen LogP contribution in [0.15, 0.2) is 42.9 Å². The Balaban J connectivity index is 2.10. The van der Waals surface area contributed by atoms with E-state index >= 15 is 0 Å². The van der Waals surface area contributed by atoms with Gasteiger partial charge in [-0.1, -0.05) is 29.8 Å². The van der Waals surface area contributed by atoms with Crippen LogP contribution in [0, 0.1) is 6.92 Å². The molecule has 1 atom stereocenters. The lowest BCUT2D eigenvalue weighted by Crippen LogP contribution is -2.34. The Kier molecular flexibility index (Phi) is 4.61. The maximum Gasteiger partial charge on any atom is 0.330 e. The molecule has 0 unspecified atom stereocenters.